The molecule has 1 aromatic rings. The normalized spacial score (nSPS) is 19.1. The van der Waals surface area contributed by atoms with Crippen molar-refractivity contribution in [1.82, 2.24) is 20.4 Å². The standard InChI is InChI=1S/C23H36N6O3.HI/c1-23(2,3)32-22(31)26-18-10-11-29(17-18)21(24-4)25-16-20(30)28-14-12-27(13-15-28)19-8-6-5-7-9-19;/h5-9,18H,10-17H2,1-4H3,(H,24,25)(H,26,31);1H. The number of nitrogens with one attached hydrogen (secondary N) is 2. The number of halogens is 1. The minimum absolute atomic E-state index is 0. The van der Waals surface area contributed by atoms with Gasteiger partial charge in [0.15, 0.2) is 5.96 Å². The van der Waals surface area contributed by atoms with Crippen molar-refractivity contribution in [2.24, 2.45) is 4.99 Å². The van der Waals surface area contributed by atoms with Gasteiger partial charge in [-0.25, -0.2) is 4.79 Å². The second-order valence-electron chi connectivity index (χ2n) is 9.18. The van der Waals surface area contributed by atoms with Crippen molar-refractivity contribution in [2.45, 2.75) is 38.8 Å². The van der Waals surface area contributed by atoms with Crippen LogP contribution in [-0.2, 0) is 9.53 Å². The van der Waals surface area contributed by atoms with Crippen LogP contribution in [0.3, 0.4) is 0 Å². The number of piperazine rings is 1. The average molecular weight is 572 g/mol. The monoisotopic (exact) mass is 572 g/mol. The van der Waals surface area contributed by atoms with E-state index in [1.54, 1.807) is 7.05 Å². The summed E-state index contributed by atoms with van der Waals surface area (Å²) in [5, 5.41) is 6.10. The zero-order valence-electron chi connectivity index (χ0n) is 20.0. The number of hydrogen-bond donors (Lipinski definition) is 2. The van der Waals surface area contributed by atoms with Crippen molar-refractivity contribution in [3.63, 3.8) is 0 Å². The van der Waals surface area contributed by atoms with Gasteiger partial charge in [0.05, 0.1) is 12.6 Å². The molecule has 184 valence electrons. The molecule has 2 aliphatic heterocycles. The van der Waals surface area contributed by atoms with Gasteiger partial charge in [0.25, 0.3) is 0 Å². The minimum Gasteiger partial charge on any atom is -0.444 e. The molecule has 0 saturated carbocycles. The molecular weight excluding hydrogens is 535 g/mol. The number of nitrogens with zero attached hydrogens (tertiary/aromatic N) is 4. The number of alkyl carbamates (subject to hydrolysis) is 1. The topological polar surface area (TPSA) is 89.5 Å². The Labute approximate surface area is 213 Å². The van der Waals surface area contributed by atoms with Gasteiger partial charge >= 0.3 is 6.09 Å². The Morgan fingerprint density at radius 1 is 1.06 bits per heavy atom. The average Bonchev–Trinajstić information content (AvgIpc) is 3.21. The first kappa shape index (κ1) is 27.0. The lowest BCUT2D eigenvalue weighted by Gasteiger charge is -2.36. The van der Waals surface area contributed by atoms with Crippen molar-refractivity contribution in [3.8, 4) is 0 Å². The summed E-state index contributed by atoms with van der Waals surface area (Å²) in [5.74, 6) is 0.747. The fraction of sp³-hybridized carbons (Fsp3) is 0.609. The fourth-order valence-corrected chi connectivity index (χ4v) is 4.00. The van der Waals surface area contributed by atoms with Gasteiger partial charge in [0, 0.05) is 52.0 Å². The summed E-state index contributed by atoms with van der Waals surface area (Å²) in [6, 6.07) is 10.3. The number of likely N-dealkylation sites (tertiary alicyclic amines) is 1. The van der Waals surface area contributed by atoms with Crippen LogP contribution in [0.15, 0.2) is 35.3 Å². The molecule has 0 radical (unpaired) electrons. The molecule has 2 heterocycles. The Balaban J connectivity index is 0.00000385. The molecule has 1 unspecified atom stereocenters. The third-order valence-electron chi connectivity index (χ3n) is 5.57. The van der Waals surface area contributed by atoms with Crippen LogP contribution in [0.2, 0.25) is 0 Å². The lowest BCUT2D eigenvalue weighted by molar-refractivity contribution is -0.130. The summed E-state index contributed by atoms with van der Waals surface area (Å²) >= 11 is 0. The lowest BCUT2D eigenvalue weighted by atomic mass is 10.2. The highest BCUT2D eigenvalue weighted by Crippen LogP contribution is 2.16. The summed E-state index contributed by atoms with van der Waals surface area (Å²) < 4.78 is 5.34. The first-order valence-electron chi connectivity index (χ1n) is 11.3. The van der Waals surface area contributed by atoms with E-state index >= 15 is 0 Å². The summed E-state index contributed by atoms with van der Waals surface area (Å²) in [5.41, 5.74) is 0.675. The van der Waals surface area contributed by atoms with Gasteiger partial charge in [-0.1, -0.05) is 18.2 Å². The molecule has 2 fully saturated rings. The second-order valence-corrected chi connectivity index (χ2v) is 9.18. The number of aliphatic imine (C=N–C) groups is 1. The molecule has 3 rings (SSSR count). The Morgan fingerprint density at radius 3 is 2.33 bits per heavy atom. The molecule has 2 aliphatic rings. The number of carbonyl (C=O) groups is 2. The SMILES string of the molecule is CN=C(NCC(=O)N1CCN(c2ccccc2)CC1)N1CCC(NC(=O)OC(C)(C)C)C1.I. The number of para-hydroxylation sites is 1. The lowest BCUT2D eigenvalue weighted by Crippen LogP contribution is -2.52. The molecule has 0 aromatic heterocycles. The Hall–Kier alpha value is -2.24. The second kappa shape index (κ2) is 12.3. The van der Waals surface area contributed by atoms with E-state index in [0.29, 0.717) is 25.6 Å². The summed E-state index contributed by atoms with van der Waals surface area (Å²) in [6.07, 6.45) is 0.395. The number of rotatable bonds is 4. The summed E-state index contributed by atoms with van der Waals surface area (Å²) in [4.78, 5) is 35.3. The van der Waals surface area contributed by atoms with Crippen LogP contribution < -0.4 is 15.5 Å². The molecular formula is C23H37IN6O3. The van der Waals surface area contributed by atoms with E-state index in [2.05, 4.69) is 37.6 Å². The molecule has 0 aliphatic carbocycles. The Morgan fingerprint density at radius 2 is 1.73 bits per heavy atom. The number of carbonyl (C=O) groups excluding carboxylic acids is 2. The number of anilines is 1. The van der Waals surface area contributed by atoms with Gasteiger partial charge in [-0.3, -0.25) is 9.79 Å². The molecule has 1 aromatic carbocycles. The smallest absolute Gasteiger partial charge is 0.407 e. The van der Waals surface area contributed by atoms with E-state index in [9.17, 15) is 9.59 Å². The number of guanidine groups is 1. The van der Waals surface area contributed by atoms with Crippen LogP contribution in [0, 0.1) is 0 Å². The van der Waals surface area contributed by atoms with Gasteiger partial charge in [-0.2, -0.15) is 0 Å². The van der Waals surface area contributed by atoms with E-state index in [0.717, 1.165) is 26.1 Å². The predicted octanol–water partition coefficient (Wildman–Crippen LogP) is 2.13. The Kier molecular flexibility index (Phi) is 10.1. The predicted molar refractivity (Wildman–Crippen MR) is 141 cm³/mol. The zero-order chi connectivity index (χ0) is 23.1. The molecule has 1 atom stereocenters. The molecule has 9 nitrogen and oxygen atoms in total. The number of benzene rings is 1. The van der Waals surface area contributed by atoms with E-state index in [1.807, 2.05) is 43.9 Å². The summed E-state index contributed by atoms with van der Waals surface area (Å²) in [7, 11) is 1.71. The van der Waals surface area contributed by atoms with Crippen molar-refractivity contribution >= 4 is 47.6 Å². The van der Waals surface area contributed by atoms with Crippen LogP contribution in [0.4, 0.5) is 10.5 Å². The first-order valence-corrected chi connectivity index (χ1v) is 11.3. The molecule has 0 bridgehead atoms. The van der Waals surface area contributed by atoms with E-state index < -0.39 is 11.7 Å². The molecule has 33 heavy (non-hydrogen) atoms. The van der Waals surface area contributed by atoms with E-state index in [-0.39, 0.29) is 42.5 Å². The zero-order valence-corrected chi connectivity index (χ0v) is 22.4. The number of amides is 2. The molecule has 2 saturated heterocycles. The van der Waals surface area contributed by atoms with Crippen molar-refractivity contribution < 1.29 is 14.3 Å². The van der Waals surface area contributed by atoms with Gasteiger partial charge in [0.1, 0.15) is 5.60 Å². The largest absolute Gasteiger partial charge is 0.444 e. The third kappa shape index (κ3) is 8.24. The van der Waals surface area contributed by atoms with E-state index in [4.69, 9.17) is 4.74 Å². The third-order valence-corrected chi connectivity index (χ3v) is 5.57. The maximum absolute atomic E-state index is 12.7. The Bertz CT molecular complexity index is 806. The summed E-state index contributed by atoms with van der Waals surface area (Å²) in [6.45, 7) is 10.2. The van der Waals surface area contributed by atoms with Crippen LogP contribution >= 0.6 is 24.0 Å². The van der Waals surface area contributed by atoms with Crippen LogP contribution in [0.5, 0.6) is 0 Å². The number of ether oxygens (including phenoxy) is 1. The molecule has 2 amide bonds. The quantitative estimate of drug-likeness (QED) is 0.327. The van der Waals surface area contributed by atoms with Crippen molar-refractivity contribution in [3.05, 3.63) is 30.3 Å². The van der Waals surface area contributed by atoms with Gasteiger partial charge < -0.3 is 30.1 Å². The molecule has 10 heteroatoms. The minimum atomic E-state index is -0.521. The highest BCUT2D eigenvalue weighted by atomic mass is 127. The van der Waals surface area contributed by atoms with Gasteiger partial charge in [-0.05, 0) is 39.3 Å². The van der Waals surface area contributed by atoms with Crippen LogP contribution in [0.1, 0.15) is 27.2 Å². The maximum atomic E-state index is 12.7. The van der Waals surface area contributed by atoms with Crippen LogP contribution in [-0.4, -0.2) is 92.3 Å². The highest BCUT2D eigenvalue weighted by molar-refractivity contribution is 14.0. The molecule has 0 spiro atoms. The number of hydrogen-bond acceptors (Lipinski definition) is 5. The first-order chi connectivity index (χ1) is 15.2. The van der Waals surface area contributed by atoms with Crippen molar-refractivity contribution in [1.29, 1.82) is 0 Å². The fourth-order valence-electron chi connectivity index (χ4n) is 4.00. The molecule has 2 N–H and O–H groups in total. The van der Waals surface area contributed by atoms with Gasteiger partial charge in [0.2, 0.25) is 5.91 Å². The van der Waals surface area contributed by atoms with Gasteiger partial charge in [-0.15, -0.1) is 24.0 Å². The van der Waals surface area contributed by atoms with E-state index in [1.165, 1.54) is 5.69 Å². The van der Waals surface area contributed by atoms with Crippen molar-refractivity contribution in [2.75, 3.05) is 57.8 Å². The maximum Gasteiger partial charge on any atom is 0.407 e. The highest BCUT2D eigenvalue weighted by Gasteiger charge is 2.28. The van der Waals surface area contributed by atoms with Crippen LogP contribution in [0.25, 0.3) is 0 Å².